The molecular formula is C17H13F4N5O3S. The van der Waals surface area contributed by atoms with Crippen molar-refractivity contribution in [1.82, 2.24) is 15.0 Å². The van der Waals surface area contributed by atoms with E-state index >= 15 is 0 Å². The lowest BCUT2D eigenvalue weighted by Crippen LogP contribution is -2.19. The molecule has 0 saturated carbocycles. The van der Waals surface area contributed by atoms with Gasteiger partial charge in [0.15, 0.2) is 5.69 Å². The highest BCUT2D eigenvalue weighted by Gasteiger charge is 2.35. The van der Waals surface area contributed by atoms with Gasteiger partial charge in [0, 0.05) is 5.69 Å². The molecule has 0 radical (unpaired) electrons. The van der Waals surface area contributed by atoms with Crippen molar-refractivity contribution < 1.29 is 30.8 Å². The Labute approximate surface area is 167 Å². The van der Waals surface area contributed by atoms with Crippen LogP contribution in [0.2, 0.25) is 0 Å². The summed E-state index contributed by atoms with van der Waals surface area (Å²) in [4.78, 5) is 12.0. The van der Waals surface area contributed by atoms with E-state index in [2.05, 4.69) is 15.5 Å². The standard InChI is InChI=1S/C17H13F4N5O3S/c18-12-4-2-1-3-10(12)7-16(27)24-11-5-6-13(14(8-11)30(22,28)29)26-23-9-15(25-26)17(19,20)21/h1-6,8-9H,7H2,(H,24,27)(H2,22,28,29). The van der Waals surface area contributed by atoms with E-state index in [0.29, 0.717) is 11.0 Å². The van der Waals surface area contributed by atoms with E-state index in [1.165, 1.54) is 24.3 Å². The third kappa shape index (κ3) is 4.80. The van der Waals surface area contributed by atoms with E-state index in [9.17, 15) is 30.8 Å². The quantitative estimate of drug-likeness (QED) is 0.586. The van der Waals surface area contributed by atoms with Crippen LogP contribution in [-0.4, -0.2) is 29.3 Å². The highest BCUT2D eigenvalue weighted by atomic mass is 32.2. The number of anilines is 1. The van der Waals surface area contributed by atoms with Gasteiger partial charge in [-0.2, -0.15) is 18.3 Å². The fourth-order valence-corrected chi connectivity index (χ4v) is 3.25. The normalized spacial score (nSPS) is 12.0. The number of hydrogen-bond donors (Lipinski definition) is 2. The van der Waals surface area contributed by atoms with Gasteiger partial charge in [-0.3, -0.25) is 4.79 Å². The lowest BCUT2D eigenvalue weighted by atomic mass is 10.1. The number of aromatic nitrogens is 3. The summed E-state index contributed by atoms with van der Waals surface area (Å²) in [5, 5.41) is 14.2. The van der Waals surface area contributed by atoms with E-state index in [-0.39, 0.29) is 23.4 Å². The molecule has 0 spiro atoms. The molecule has 13 heteroatoms. The van der Waals surface area contributed by atoms with Crippen LogP contribution < -0.4 is 10.5 Å². The Balaban J connectivity index is 1.91. The largest absolute Gasteiger partial charge is 0.436 e. The molecule has 0 atom stereocenters. The van der Waals surface area contributed by atoms with Crippen LogP contribution in [0.15, 0.2) is 53.6 Å². The Bertz CT molecular complexity index is 1210. The summed E-state index contributed by atoms with van der Waals surface area (Å²) in [6, 6.07) is 8.85. The smallest absolute Gasteiger partial charge is 0.326 e. The van der Waals surface area contributed by atoms with E-state index in [0.717, 1.165) is 12.1 Å². The lowest BCUT2D eigenvalue weighted by Gasteiger charge is -2.11. The minimum atomic E-state index is -4.78. The van der Waals surface area contributed by atoms with Crippen LogP contribution in [0.5, 0.6) is 0 Å². The number of benzene rings is 2. The first-order valence-corrected chi connectivity index (χ1v) is 9.70. The van der Waals surface area contributed by atoms with Gasteiger partial charge in [-0.05, 0) is 29.8 Å². The van der Waals surface area contributed by atoms with Crippen molar-refractivity contribution >= 4 is 21.6 Å². The first-order chi connectivity index (χ1) is 13.9. The first-order valence-electron chi connectivity index (χ1n) is 8.15. The zero-order valence-corrected chi connectivity index (χ0v) is 15.7. The number of nitrogens with one attached hydrogen (secondary N) is 1. The fraction of sp³-hybridized carbons (Fsp3) is 0.118. The maximum Gasteiger partial charge on any atom is 0.436 e. The molecule has 0 aliphatic carbocycles. The number of nitrogens with two attached hydrogens (primary N) is 1. The van der Waals surface area contributed by atoms with E-state index in [1.807, 2.05) is 0 Å². The van der Waals surface area contributed by atoms with Gasteiger partial charge in [0.05, 0.1) is 12.6 Å². The van der Waals surface area contributed by atoms with E-state index in [4.69, 9.17) is 5.14 Å². The Morgan fingerprint density at radius 2 is 1.87 bits per heavy atom. The van der Waals surface area contributed by atoms with Crippen molar-refractivity contribution in [3.8, 4) is 5.69 Å². The molecule has 158 valence electrons. The first kappa shape index (κ1) is 21.4. The topological polar surface area (TPSA) is 120 Å². The summed E-state index contributed by atoms with van der Waals surface area (Å²) in [5.41, 5.74) is -1.57. The third-order valence-corrected chi connectivity index (χ3v) is 4.80. The Morgan fingerprint density at radius 1 is 1.17 bits per heavy atom. The number of carbonyl (C=O) groups excluding carboxylic acids is 1. The number of halogens is 4. The second kappa shape index (κ2) is 7.84. The van der Waals surface area contributed by atoms with Crippen molar-refractivity contribution in [1.29, 1.82) is 0 Å². The minimum Gasteiger partial charge on any atom is -0.326 e. The van der Waals surface area contributed by atoms with Gasteiger partial charge in [-0.15, -0.1) is 9.90 Å². The highest BCUT2D eigenvalue weighted by molar-refractivity contribution is 7.89. The molecule has 0 unspecified atom stereocenters. The summed E-state index contributed by atoms with van der Waals surface area (Å²) in [6.45, 7) is 0. The van der Waals surface area contributed by atoms with Gasteiger partial charge in [0.25, 0.3) is 0 Å². The fourth-order valence-electron chi connectivity index (χ4n) is 2.51. The number of primary sulfonamides is 1. The predicted octanol–water partition coefficient (Wildman–Crippen LogP) is 2.25. The molecule has 2 aromatic carbocycles. The van der Waals surface area contributed by atoms with Gasteiger partial charge in [0.2, 0.25) is 15.9 Å². The highest BCUT2D eigenvalue weighted by Crippen LogP contribution is 2.28. The summed E-state index contributed by atoms with van der Waals surface area (Å²) >= 11 is 0. The molecular weight excluding hydrogens is 430 g/mol. The molecule has 30 heavy (non-hydrogen) atoms. The Hall–Kier alpha value is -3.32. The monoisotopic (exact) mass is 443 g/mol. The van der Waals surface area contributed by atoms with Crippen LogP contribution in [0.4, 0.5) is 23.2 Å². The number of alkyl halides is 3. The minimum absolute atomic E-state index is 0.0210. The molecule has 1 heterocycles. The third-order valence-electron chi connectivity index (χ3n) is 3.86. The molecule has 8 nitrogen and oxygen atoms in total. The molecule has 1 amide bonds. The van der Waals surface area contributed by atoms with Gasteiger partial charge in [-0.1, -0.05) is 18.2 Å². The molecule has 0 bridgehead atoms. The summed E-state index contributed by atoms with van der Waals surface area (Å²) in [5.74, 6) is -1.23. The number of amides is 1. The van der Waals surface area contributed by atoms with E-state index < -0.39 is 38.5 Å². The number of sulfonamides is 1. The molecule has 0 aliphatic rings. The second-order valence-corrected chi connectivity index (χ2v) is 7.59. The lowest BCUT2D eigenvalue weighted by molar-refractivity contribution is -0.141. The Kier molecular flexibility index (Phi) is 5.59. The molecule has 0 saturated heterocycles. The molecule has 0 aliphatic heterocycles. The molecule has 1 aromatic heterocycles. The van der Waals surface area contributed by atoms with Crippen LogP contribution in [-0.2, 0) is 27.4 Å². The van der Waals surface area contributed by atoms with Gasteiger partial charge in [-0.25, -0.2) is 17.9 Å². The average molecular weight is 443 g/mol. The summed E-state index contributed by atoms with van der Waals surface area (Å²) < 4.78 is 75.7. The van der Waals surface area contributed by atoms with Gasteiger partial charge in [0.1, 0.15) is 16.4 Å². The zero-order chi connectivity index (χ0) is 22.1. The molecule has 3 N–H and O–H groups in total. The average Bonchev–Trinajstić information content (AvgIpc) is 3.13. The van der Waals surface area contributed by atoms with Crippen molar-refractivity contribution in [3.05, 3.63) is 65.7 Å². The number of hydrogen-bond acceptors (Lipinski definition) is 5. The number of rotatable bonds is 5. The summed E-state index contributed by atoms with van der Waals surface area (Å²) in [6.07, 6.45) is -4.67. The Morgan fingerprint density at radius 3 is 2.47 bits per heavy atom. The van der Waals surface area contributed by atoms with Crippen LogP contribution in [0, 0.1) is 5.82 Å². The zero-order valence-electron chi connectivity index (χ0n) is 14.9. The van der Waals surface area contributed by atoms with Crippen LogP contribution in [0.3, 0.4) is 0 Å². The van der Waals surface area contributed by atoms with Crippen molar-refractivity contribution in [3.63, 3.8) is 0 Å². The van der Waals surface area contributed by atoms with Crippen LogP contribution in [0.1, 0.15) is 11.3 Å². The van der Waals surface area contributed by atoms with E-state index in [1.54, 1.807) is 6.07 Å². The van der Waals surface area contributed by atoms with Crippen LogP contribution in [0.25, 0.3) is 5.69 Å². The molecule has 0 fully saturated rings. The van der Waals surface area contributed by atoms with Crippen molar-refractivity contribution in [2.24, 2.45) is 5.14 Å². The van der Waals surface area contributed by atoms with Crippen molar-refractivity contribution in [2.75, 3.05) is 5.32 Å². The van der Waals surface area contributed by atoms with Crippen LogP contribution >= 0.6 is 0 Å². The summed E-state index contributed by atoms with van der Waals surface area (Å²) in [7, 11) is -4.43. The van der Waals surface area contributed by atoms with Crippen molar-refractivity contribution in [2.45, 2.75) is 17.5 Å². The van der Waals surface area contributed by atoms with Gasteiger partial charge >= 0.3 is 6.18 Å². The number of nitrogens with zero attached hydrogens (tertiary/aromatic N) is 3. The second-order valence-electron chi connectivity index (χ2n) is 6.06. The molecule has 3 aromatic rings. The predicted molar refractivity (Wildman–Crippen MR) is 96.5 cm³/mol. The van der Waals surface area contributed by atoms with Gasteiger partial charge < -0.3 is 5.32 Å². The SMILES string of the molecule is NS(=O)(=O)c1cc(NC(=O)Cc2ccccc2F)ccc1-n1ncc(C(F)(F)F)n1. The maximum atomic E-state index is 13.7. The number of carbonyl (C=O) groups is 1. The maximum absolute atomic E-state index is 13.7. The molecule has 3 rings (SSSR count).